The number of carboxylic acid groups (broad SMARTS) is 1. The number of carbonyl (C=O) groups excluding carboxylic acids is 2. The van der Waals surface area contributed by atoms with Crippen LogP contribution < -0.4 is 0 Å². The predicted molar refractivity (Wildman–Crippen MR) is 121 cm³/mol. The van der Waals surface area contributed by atoms with Gasteiger partial charge in [-0.25, -0.2) is 24.2 Å². The number of rotatable bonds is 6. The first-order chi connectivity index (χ1) is 16.5. The molecule has 1 fully saturated rings. The van der Waals surface area contributed by atoms with Crippen molar-refractivity contribution >= 4 is 17.9 Å². The maximum atomic E-state index is 12.1. The van der Waals surface area contributed by atoms with E-state index in [0.29, 0.717) is 23.1 Å². The van der Waals surface area contributed by atoms with Crippen LogP contribution in [-0.2, 0) is 19.2 Å². The molecule has 176 valence electrons. The lowest BCUT2D eigenvalue weighted by Crippen LogP contribution is -2.37. The summed E-state index contributed by atoms with van der Waals surface area (Å²) in [6.07, 6.45) is -0.558. The standard InChI is InChI=1S/C19H18O6.C7H6O2/c20-18(14-7-3-1-4-8-14)22-12-17-11-16(13-23-25-17)24-19(21)15-9-5-2-6-10-15;8-7(9)6-4-2-1-3-5-6/h1-10,16-17H,11-13H2;1-5H,(H,8,9). The Morgan fingerprint density at radius 1 is 0.765 bits per heavy atom. The summed E-state index contributed by atoms with van der Waals surface area (Å²) in [7, 11) is 0. The lowest BCUT2D eigenvalue weighted by atomic mass is 10.1. The molecule has 3 aromatic carbocycles. The highest BCUT2D eigenvalue weighted by molar-refractivity contribution is 5.90. The van der Waals surface area contributed by atoms with Crippen molar-refractivity contribution in [2.24, 2.45) is 0 Å². The Hall–Kier alpha value is -4.01. The van der Waals surface area contributed by atoms with E-state index in [4.69, 9.17) is 24.4 Å². The Morgan fingerprint density at radius 2 is 1.26 bits per heavy atom. The second-order valence-corrected chi connectivity index (χ2v) is 7.27. The molecule has 34 heavy (non-hydrogen) atoms. The summed E-state index contributed by atoms with van der Waals surface area (Å²) in [6.45, 7) is 0.162. The van der Waals surface area contributed by atoms with Crippen molar-refractivity contribution in [3.63, 3.8) is 0 Å². The van der Waals surface area contributed by atoms with E-state index >= 15 is 0 Å². The summed E-state index contributed by atoms with van der Waals surface area (Å²) in [6, 6.07) is 25.7. The Balaban J connectivity index is 0.000000302. The zero-order valence-corrected chi connectivity index (χ0v) is 18.2. The summed E-state index contributed by atoms with van der Waals surface area (Å²) in [5.41, 5.74) is 1.27. The molecule has 1 aliphatic rings. The van der Waals surface area contributed by atoms with Crippen LogP contribution in [0.3, 0.4) is 0 Å². The van der Waals surface area contributed by atoms with Crippen molar-refractivity contribution < 1.29 is 38.7 Å². The lowest BCUT2D eigenvalue weighted by molar-refractivity contribution is -0.363. The van der Waals surface area contributed by atoms with E-state index < -0.39 is 30.1 Å². The molecular formula is C26H24O8. The molecule has 0 aliphatic carbocycles. The Labute approximate surface area is 196 Å². The van der Waals surface area contributed by atoms with Crippen molar-refractivity contribution in [2.75, 3.05) is 13.2 Å². The van der Waals surface area contributed by atoms with E-state index in [-0.39, 0.29) is 13.2 Å². The number of hydrogen-bond acceptors (Lipinski definition) is 7. The summed E-state index contributed by atoms with van der Waals surface area (Å²) >= 11 is 0. The number of carbonyl (C=O) groups is 3. The number of carboxylic acids is 1. The fourth-order valence-corrected chi connectivity index (χ4v) is 2.99. The van der Waals surface area contributed by atoms with Crippen LogP contribution in [0, 0.1) is 0 Å². The first kappa shape index (κ1) is 24.6. The molecule has 2 atom stereocenters. The molecular weight excluding hydrogens is 440 g/mol. The topological polar surface area (TPSA) is 108 Å². The number of esters is 2. The first-order valence-electron chi connectivity index (χ1n) is 10.6. The van der Waals surface area contributed by atoms with Crippen LogP contribution in [0.25, 0.3) is 0 Å². The molecule has 0 aromatic heterocycles. The highest BCUT2D eigenvalue weighted by atomic mass is 17.2. The minimum atomic E-state index is -0.879. The highest BCUT2D eigenvalue weighted by Crippen LogP contribution is 2.17. The van der Waals surface area contributed by atoms with Gasteiger partial charge in [-0.15, -0.1) is 0 Å². The normalized spacial score (nSPS) is 16.9. The van der Waals surface area contributed by atoms with E-state index in [0.717, 1.165) is 0 Å². The average Bonchev–Trinajstić information content (AvgIpc) is 2.89. The molecule has 1 N–H and O–H groups in total. The van der Waals surface area contributed by atoms with Crippen LogP contribution >= 0.6 is 0 Å². The molecule has 8 nitrogen and oxygen atoms in total. The maximum absolute atomic E-state index is 12.1. The van der Waals surface area contributed by atoms with E-state index in [1.807, 2.05) is 12.1 Å². The van der Waals surface area contributed by atoms with Gasteiger partial charge in [0.1, 0.15) is 25.4 Å². The van der Waals surface area contributed by atoms with Crippen LogP contribution in [0.5, 0.6) is 0 Å². The van der Waals surface area contributed by atoms with Gasteiger partial charge >= 0.3 is 17.9 Å². The van der Waals surface area contributed by atoms with E-state index in [2.05, 4.69) is 0 Å². The van der Waals surface area contributed by atoms with Gasteiger partial charge in [0.15, 0.2) is 0 Å². The molecule has 4 rings (SSSR count). The van der Waals surface area contributed by atoms with Gasteiger partial charge < -0.3 is 14.6 Å². The zero-order chi connectivity index (χ0) is 24.2. The van der Waals surface area contributed by atoms with Crippen molar-refractivity contribution in [3.05, 3.63) is 108 Å². The summed E-state index contributed by atoms with van der Waals surface area (Å²) in [5.74, 6) is -1.74. The monoisotopic (exact) mass is 464 g/mol. The Morgan fingerprint density at radius 3 is 1.76 bits per heavy atom. The second kappa shape index (κ2) is 12.9. The molecule has 0 spiro atoms. The molecule has 1 heterocycles. The molecule has 0 amide bonds. The van der Waals surface area contributed by atoms with Gasteiger partial charge in [-0.3, -0.25) is 0 Å². The molecule has 1 aliphatic heterocycles. The zero-order valence-electron chi connectivity index (χ0n) is 18.2. The fraction of sp³-hybridized carbons (Fsp3) is 0.192. The van der Waals surface area contributed by atoms with Gasteiger partial charge in [-0.1, -0.05) is 54.6 Å². The van der Waals surface area contributed by atoms with E-state index in [9.17, 15) is 14.4 Å². The third-order valence-corrected chi connectivity index (χ3v) is 4.70. The number of ether oxygens (including phenoxy) is 2. The average molecular weight is 464 g/mol. The van der Waals surface area contributed by atoms with Crippen molar-refractivity contribution in [1.82, 2.24) is 0 Å². The van der Waals surface area contributed by atoms with Crippen molar-refractivity contribution in [2.45, 2.75) is 18.6 Å². The van der Waals surface area contributed by atoms with Crippen molar-refractivity contribution in [3.8, 4) is 0 Å². The Bertz CT molecular complexity index is 1050. The number of aromatic carboxylic acids is 1. The minimum Gasteiger partial charge on any atom is -0.478 e. The van der Waals surface area contributed by atoms with Crippen LogP contribution in [0.1, 0.15) is 37.5 Å². The molecule has 8 heteroatoms. The van der Waals surface area contributed by atoms with Crippen LogP contribution in [0.4, 0.5) is 0 Å². The molecule has 1 saturated heterocycles. The fourth-order valence-electron chi connectivity index (χ4n) is 2.99. The summed E-state index contributed by atoms with van der Waals surface area (Å²) in [4.78, 5) is 44.3. The largest absolute Gasteiger partial charge is 0.478 e. The van der Waals surface area contributed by atoms with Gasteiger partial charge in [0.05, 0.1) is 16.7 Å². The van der Waals surface area contributed by atoms with Crippen LogP contribution in [0.15, 0.2) is 91.0 Å². The highest BCUT2D eigenvalue weighted by Gasteiger charge is 2.28. The lowest BCUT2D eigenvalue weighted by Gasteiger charge is -2.27. The molecule has 0 saturated carbocycles. The number of benzene rings is 3. The first-order valence-corrected chi connectivity index (χ1v) is 10.6. The van der Waals surface area contributed by atoms with Crippen molar-refractivity contribution in [1.29, 1.82) is 0 Å². The van der Waals surface area contributed by atoms with Gasteiger partial charge in [-0.05, 0) is 36.4 Å². The summed E-state index contributed by atoms with van der Waals surface area (Å²) < 4.78 is 10.6. The van der Waals surface area contributed by atoms with E-state index in [1.54, 1.807) is 78.9 Å². The molecule has 0 bridgehead atoms. The van der Waals surface area contributed by atoms with Gasteiger partial charge in [0.25, 0.3) is 0 Å². The van der Waals surface area contributed by atoms with Crippen LogP contribution in [0.2, 0.25) is 0 Å². The SMILES string of the molecule is O=C(O)c1ccccc1.O=C(OCC1CC(OC(=O)c2ccccc2)COO1)c1ccccc1. The minimum absolute atomic E-state index is 0.0209. The third-order valence-electron chi connectivity index (χ3n) is 4.70. The third kappa shape index (κ3) is 7.84. The van der Waals surface area contributed by atoms with Gasteiger partial charge in [0, 0.05) is 6.42 Å². The molecule has 0 radical (unpaired) electrons. The second-order valence-electron chi connectivity index (χ2n) is 7.27. The molecule has 2 unspecified atom stereocenters. The predicted octanol–water partition coefficient (Wildman–Crippen LogP) is 4.17. The maximum Gasteiger partial charge on any atom is 0.338 e. The van der Waals surface area contributed by atoms with Crippen LogP contribution in [-0.4, -0.2) is 48.4 Å². The smallest absolute Gasteiger partial charge is 0.338 e. The van der Waals surface area contributed by atoms with E-state index in [1.165, 1.54) is 0 Å². The summed E-state index contributed by atoms with van der Waals surface area (Å²) in [5, 5.41) is 8.38. The van der Waals surface area contributed by atoms with Gasteiger partial charge in [-0.2, -0.15) is 0 Å². The quantitative estimate of drug-likeness (QED) is 0.428. The number of hydrogen-bond donors (Lipinski definition) is 1. The molecule has 3 aromatic rings. The van der Waals surface area contributed by atoms with Gasteiger partial charge in [0.2, 0.25) is 0 Å². The Kier molecular flexibility index (Phi) is 9.33.